The second-order valence-electron chi connectivity index (χ2n) is 7.37. The van der Waals surface area contributed by atoms with E-state index in [-0.39, 0.29) is 6.10 Å². The average Bonchev–Trinajstić information content (AvgIpc) is 2.50. The van der Waals surface area contributed by atoms with Gasteiger partial charge in [-0.2, -0.15) is 0 Å². The van der Waals surface area contributed by atoms with E-state index in [1.54, 1.807) is 0 Å². The number of allylic oxidation sites excluding steroid dienone is 1. The van der Waals surface area contributed by atoms with Crippen molar-refractivity contribution < 1.29 is 8.85 Å². The van der Waals surface area contributed by atoms with Crippen molar-refractivity contribution in [2.45, 2.75) is 98.3 Å². The Morgan fingerprint density at radius 1 is 1.04 bits per heavy atom. The molecular weight excluding hydrogens is 312 g/mol. The molecule has 0 aliphatic rings. The van der Waals surface area contributed by atoms with Crippen LogP contribution >= 0.6 is 0 Å². The molecule has 2 unspecified atom stereocenters. The molecule has 0 saturated carbocycles. The lowest BCUT2D eigenvalue weighted by atomic mass is 10.00. The summed E-state index contributed by atoms with van der Waals surface area (Å²) >= 11 is 0. The summed E-state index contributed by atoms with van der Waals surface area (Å²) in [7, 11) is -2.14. The number of hydrogen-bond donors (Lipinski definition) is 0. The number of rotatable bonds is 13. The van der Waals surface area contributed by atoms with Gasteiger partial charge in [-0.25, -0.2) is 0 Å². The van der Waals surface area contributed by atoms with E-state index in [0.717, 1.165) is 31.4 Å². The average molecular weight is 353 g/mol. The molecule has 0 N–H and O–H groups in total. The first-order valence-electron chi connectivity index (χ1n) is 9.81. The predicted molar refractivity (Wildman–Crippen MR) is 108 cm³/mol. The molecule has 0 fully saturated rings. The topological polar surface area (TPSA) is 18.5 Å². The lowest BCUT2D eigenvalue weighted by Gasteiger charge is -2.29. The normalized spacial score (nSPS) is 13.9. The minimum Gasteiger partial charge on any atom is -0.394 e. The zero-order chi connectivity index (χ0) is 18.4. The van der Waals surface area contributed by atoms with Crippen molar-refractivity contribution in [2.75, 3.05) is 6.61 Å². The van der Waals surface area contributed by atoms with Crippen molar-refractivity contribution in [3.05, 3.63) is 12.2 Å². The van der Waals surface area contributed by atoms with Gasteiger partial charge in [0.2, 0.25) is 0 Å². The van der Waals surface area contributed by atoms with Crippen LogP contribution in [0.2, 0.25) is 13.1 Å². The third kappa shape index (κ3) is 12.8. The molecule has 3 heteroatoms. The molecule has 140 valence electrons. The van der Waals surface area contributed by atoms with Crippen molar-refractivity contribution in [3.63, 3.8) is 0 Å². The summed E-state index contributed by atoms with van der Waals surface area (Å²) in [6, 6.07) is 0. The molecule has 0 aromatic carbocycles. The van der Waals surface area contributed by atoms with Crippen LogP contribution in [0.25, 0.3) is 0 Å². The smallest absolute Gasteiger partial charge is 0.332 e. The molecule has 0 rings (SSSR count). The largest absolute Gasteiger partial charge is 0.394 e. The van der Waals surface area contributed by atoms with Crippen LogP contribution in [0.15, 0.2) is 12.2 Å². The Bertz CT molecular complexity index is 392. The van der Waals surface area contributed by atoms with Crippen LogP contribution in [0, 0.1) is 17.8 Å². The summed E-state index contributed by atoms with van der Waals surface area (Å²) in [4.78, 5) is 0. The lowest BCUT2D eigenvalue weighted by Crippen LogP contribution is -2.41. The molecule has 2 nitrogen and oxygen atoms in total. The molecule has 0 radical (unpaired) electrons. The van der Waals surface area contributed by atoms with Crippen LogP contribution in [0.1, 0.15) is 79.1 Å². The molecule has 24 heavy (non-hydrogen) atoms. The molecule has 0 heterocycles. The molecule has 0 aromatic rings. The van der Waals surface area contributed by atoms with Gasteiger partial charge < -0.3 is 8.85 Å². The van der Waals surface area contributed by atoms with Crippen LogP contribution in [0.4, 0.5) is 0 Å². The highest BCUT2D eigenvalue weighted by molar-refractivity contribution is 6.64. The summed E-state index contributed by atoms with van der Waals surface area (Å²) in [6.07, 6.45) is 9.93. The summed E-state index contributed by atoms with van der Waals surface area (Å²) in [5.41, 5.74) is 0.889. The van der Waals surface area contributed by atoms with Crippen molar-refractivity contribution in [2.24, 2.45) is 5.92 Å². The summed E-state index contributed by atoms with van der Waals surface area (Å²) in [5, 5.41) is 0. The molecule has 0 amide bonds. The van der Waals surface area contributed by atoms with Gasteiger partial charge >= 0.3 is 8.56 Å². The first kappa shape index (κ1) is 23.4. The second-order valence-corrected chi connectivity index (χ2v) is 10.7. The van der Waals surface area contributed by atoms with Crippen LogP contribution in [-0.2, 0) is 8.85 Å². The SMILES string of the molecule is C=C(C)C#CC(O[Si](C)(C)OCCCCCCCC)C(C)CCC. The maximum absolute atomic E-state index is 6.35. The van der Waals surface area contributed by atoms with E-state index in [1.807, 2.05) is 6.92 Å². The maximum atomic E-state index is 6.35. The summed E-state index contributed by atoms with van der Waals surface area (Å²) in [5.74, 6) is 6.79. The van der Waals surface area contributed by atoms with Crippen LogP contribution < -0.4 is 0 Å². The van der Waals surface area contributed by atoms with E-state index in [4.69, 9.17) is 8.85 Å². The maximum Gasteiger partial charge on any atom is 0.332 e. The molecular formula is C21H40O2Si. The van der Waals surface area contributed by atoms with Crippen molar-refractivity contribution in [1.82, 2.24) is 0 Å². The minimum atomic E-state index is -2.14. The van der Waals surface area contributed by atoms with E-state index in [1.165, 1.54) is 32.1 Å². The van der Waals surface area contributed by atoms with Crippen LogP contribution in [0.3, 0.4) is 0 Å². The van der Waals surface area contributed by atoms with Gasteiger partial charge in [0, 0.05) is 6.61 Å². The summed E-state index contributed by atoms with van der Waals surface area (Å²) in [6.45, 7) is 17.6. The lowest BCUT2D eigenvalue weighted by molar-refractivity contribution is 0.115. The second kappa shape index (κ2) is 13.7. The van der Waals surface area contributed by atoms with Crippen molar-refractivity contribution in [1.29, 1.82) is 0 Å². The molecule has 0 saturated heterocycles. The fraction of sp³-hybridized carbons (Fsp3) is 0.810. The van der Waals surface area contributed by atoms with Crippen LogP contribution in [0.5, 0.6) is 0 Å². The Balaban J connectivity index is 4.37. The Kier molecular flexibility index (Phi) is 13.4. The molecule has 0 aliphatic heterocycles. The van der Waals surface area contributed by atoms with E-state index in [2.05, 4.69) is 52.3 Å². The third-order valence-corrected chi connectivity index (χ3v) is 5.77. The summed E-state index contributed by atoms with van der Waals surface area (Å²) < 4.78 is 12.5. The molecule has 0 bridgehead atoms. The number of hydrogen-bond acceptors (Lipinski definition) is 2. The van der Waals surface area contributed by atoms with Gasteiger partial charge in [0.1, 0.15) is 6.10 Å². The Hall–Kier alpha value is -0.563. The monoisotopic (exact) mass is 352 g/mol. The Labute approximate surface area is 152 Å². The van der Waals surface area contributed by atoms with Gasteiger partial charge in [-0.15, -0.1) is 0 Å². The fourth-order valence-corrected chi connectivity index (χ4v) is 4.24. The fourth-order valence-electron chi connectivity index (χ4n) is 2.63. The van der Waals surface area contributed by atoms with E-state index < -0.39 is 8.56 Å². The number of unbranched alkanes of at least 4 members (excludes halogenated alkanes) is 5. The zero-order valence-corrected chi connectivity index (χ0v) is 18.0. The quantitative estimate of drug-likeness (QED) is 0.215. The first-order chi connectivity index (χ1) is 11.3. The van der Waals surface area contributed by atoms with Gasteiger partial charge in [-0.1, -0.05) is 77.7 Å². The van der Waals surface area contributed by atoms with Crippen LogP contribution in [-0.4, -0.2) is 21.3 Å². The first-order valence-corrected chi connectivity index (χ1v) is 12.6. The highest BCUT2D eigenvalue weighted by Gasteiger charge is 2.30. The molecule has 0 aromatic heterocycles. The van der Waals surface area contributed by atoms with Crippen molar-refractivity contribution >= 4 is 8.56 Å². The molecule has 2 atom stereocenters. The highest BCUT2D eigenvalue weighted by Crippen LogP contribution is 2.20. The highest BCUT2D eigenvalue weighted by atomic mass is 28.4. The van der Waals surface area contributed by atoms with E-state index in [0.29, 0.717) is 5.92 Å². The van der Waals surface area contributed by atoms with Gasteiger partial charge in [0.05, 0.1) is 0 Å². The molecule has 0 spiro atoms. The Morgan fingerprint density at radius 2 is 1.67 bits per heavy atom. The third-order valence-electron chi connectivity index (χ3n) is 4.05. The van der Waals surface area contributed by atoms with Crippen molar-refractivity contribution in [3.8, 4) is 11.8 Å². The van der Waals surface area contributed by atoms with Gasteiger partial charge in [-0.3, -0.25) is 0 Å². The molecule has 0 aliphatic carbocycles. The standard InChI is InChI=1S/C21H40O2Si/c1-8-10-11-12-13-14-18-22-24(6,7)23-21(17-16-19(3)4)20(5)15-9-2/h20-21H,3,8-15,18H2,1-2,4-7H3. The zero-order valence-electron chi connectivity index (χ0n) is 17.0. The predicted octanol–water partition coefficient (Wildman–Crippen LogP) is 6.47. The Morgan fingerprint density at radius 3 is 2.25 bits per heavy atom. The van der Waals surface area contributed by atoms with E-state index >= 15 is 0 Å². The van der Waals surface area contributed by atoms with E-state index in [9.17, 15) is 0 Å². The van der Waals surface area contributed by atoms with Gasteiger partial charge in [0.25, 0.3) is 0 Å². The van der Waals surface area contributed by atoms with Gasteiger partial charge in [-0.05, 0) is 44.4 Å². The van der Waals surface area contributed by atoms with Gasteiger partial charge in [0.15, 0.2) is 0 Å². The minimum absolute atomic E-state index is 0.0483.